The van der Waals surface area contributed by atoms with Crippen molar-refractivity contribution in [3.8, 4) is 0 Å². The normalized spacial score (nSPS) is 19.9. The van der Waals surface area contributed by atoms with Crippen molar-refractivity contribution < 1.29 is 9.18 Å². The summed E-state index contributed by atoms with van der Waals surface area (Å²) in [6, 6.07) is 4.42. The summed E-state index contributed by atoms with van der Waals surface area (Å²) in [5, 5.41) is 4.40. The molecule has 0 bridgehead atoms. The molecule has 1 amide bonds. The number of aromatic amines is 1. The molecule has 2 aliphatic heterocycles. The van der Waals surface area contributed by atoms with E-state index >= 15 is 0 Å². The van der Waals surface area contributed by atoms with Crippen molar-refractivity contribution in [3.63, 3.8) is 0 Å². The summed E-state index contributed by atoms with van der Waals surface area (Å²) in [5.74, 6) is 0.471. The number of aryl methyl sites for hydroxylation is 1. The molecule has 26 heavy (non-hydrogen) atoms. The van der Waals surface area contributed by atoms with Gasteiger partial charge in [-0.25, -0.2) is 9.37 Å². The minimum atomic E-state index is -0.293. The Hall–Kier alpha value is -2.70. The Morgan fingerprint density at radius 3 is 3.08 bits per heavy atom. The number of H-pyrrole nitrogens is 1. The number of amides is 1. The van der Waals surface area contributed by atoms with Gasteiger partial charge in [0, 0.05) is 13.1 Å². The first-order valence-electron chi connectivity index (χ1n) is 9.21. The fourth-order valence-electron chi connectivity index (χ4n) is 4.21. The summed E-state index contributed by atoms with van der Waals surface area (Å²) in [5.41, 5.74) is 3.17. The summed E-state index contributed by atoms with van der Waals surface area (Å²) in [7, 11) is 0. The van der Waals surface area contributed by atoms with Crippen LogP contribution >= 0.6 is 0 Å². The smallest absolute Gasteiger partial charge is 0.257 e. The first-order valence-corrected chi connectivity index (χ1v) is 9.21. The minimum Gasteiger partial charge on any atom is -0.340 e. The third kappa shape index (κ3) is 2.41. The fourth-order valence-corrected chi connectivity index (χ4v) is 4.21. The largest absolute Gasteiger partial charge is 0.340 e. The van der Waals surface area contributed by atoms with E-state index in [0.717, 1.165) is 61.2 Å². The van der Waals surface area contributed by atoms with Gasteiger partial charge >= 0.3 is 0 Å². The van der Waals surface area contributed by atoms with Crippen molar-refractivity contribution in [1.82, 2.24) is 24.6 Å². The molecular weight excluding hydrogens is 333 g/mol. The molecule has 0 unspecified atom stereocenters. The number of nitrogens with one attached hydrogen (secondary N) is 1. The zero-order valence-corrected chi connectivity index (χ0v) is 14.4. The number of halogens is 1. The highest BCUT2D eigenvalue weighted by Crippen LogP contribution is 2.33. The Morgan fingerprint density at radius 2 is 2.15 bits per heavy atom. The summed E-state index contributed by atoms with van der Waals surface area (Å²) in [6.45, 7) is 1.60. The average Bonchev–Trinajstić information content (AvgIpc) is 3.37. The molecule has 2 aliphatic rings. The van der Waals surface area contributed by atoms with Crippen molar-refractivity contribution in [1.29, 1.82) is 0 Å². The number of fused-ring (bicyclic) bond motifs is 2. The van der Waals surface area contributed by atoms with E-state index in [1.807, 2.05) is 9.58 Å². The molecule has 0 radical (unpaired) electrons. The van der Waals surface area contributed by atoms with Crippen LogP contribution < -0.4 is 0 Å². The SMILES string of the molecule is O=C(c1cnn2c1CCCC2)N1CCC[C@@H]1c1nc2ccc(F)cc2[nH]1. The van der Waals surface area contributed by atoms with Crippen LogP contribution in [0.25, 0.3) is 11.0 Å². The second-order valence-electron chi connectivity index (χ2n) is 7.13. The van der Waals surface area contributed by atoms with Gasteiger partial charge in [0.1, 0.15) is 11.6 Å². The third-order valence-corrected chi connectivity index (χ3v) is 5.50. The first kappa shape index (κ1) is 15.5. The van der Waals surface area contributed by atoms with Gasteiger partial charge in [0.2, 0.25) is 0 Å². The molecule has 0 saturated carbocycles. The molecule has 1 saturated heterocycles. The Labute approximate surface area is 150 Å². The van der Waals surface area contributed by atoms with E-state index < -0.39 is 0 Å². The predicted octanol–water partition coefficient (Wildman–Crippen LogP) is 3.21. The summed E-state index contributed by atoms with van der Waals surface area (Å²) in [6.07, 6.45) is 6.63. The van der Waals surface area contributed by atoms with Gasteiger partial charge in [-0.15, -0.1) is 0 Å². The topological polar surface area (TPSA) is 66.8 Å². The Morgan fingerprint density at radius 1 is 1.23 bits per heavy atom. The molecular formula is C19H20FN5O. The van der Waals surface area contributed by atoms with Crippen molar-refractivity contribution >= 4 is 16.9 Å². The second kappa shape index (κ2) is 5.93. The highest BCUT2D eigenvalue weighted by molar-refractivity contribution is 5.95. The van der Waals surface area contributed by atoms with E-state index in [9.17, 15) is 9.18 Å². The molecule has 6 nitrogen and oxygen atoms in total. The molecule has 0 aliphatic carbocycles. The van der Waals surface area contributed by atoms with Crippen LogP contribution in [0.1, 0.15) is 53.6 Å². The van der Waals surface area contributed by atoms with E-state index in [0.29, 0.717) is 12.1 Å². The standard InChI is InChI=1S/C19H20FN5O/c20-12-6-7-14-15(10-12)23-18(22-14)17-5-3-8-24(17)19(26)13-11-21-25-9-2-1-4-16(13)25/h6-7,10-11,17H,1-5,8-9H2,(H,22,23)/t17-/m1/s1. The predicted molar refractivity (Wildman–Crippen MR) is 94.2 cm³/mol. The van der Waals surface area contributed by atoms with Gasteiger partial charge in [0.15, 0.2) is 0 Å². The molecule has 5 rings (SSSR count). The average molecular weight is 353 g/mol. The summed E-state index contributed by atoms with van der Waals surface area (Å²) >= 11 is 0. The molecule has 134 valence electrons. The van der Waals surface area contributed by atoms with Crippen molar-refractivity contribution in [2.45, 2.75) is 44.7 Å². The van der Waals surface area contributed by atoms with Crippen LogP contribution in [0, 0.1) is 5.82 Å². The molecule has 1 aromatic carbocycles. The molecule has 0 spiro atoms. The van der Waals surface area contributed by atoms with Gasteiger partial charge in [-0.2, -0.15) is 5.10 Å². The lowest BCUT2D eigenvalue weighted by atomic mass is 10.1. The molecule has 7 heteroatoms. The number of carbonyl (C=O) groups excluding carboxylic acids is 1. The quantitative estimate of drug-likeness (QED) is 0.769. The maximum atomic E-state index is 13.5. The van der Waals surface area contributed by atoms with E-state index in [1.165, 1.54) is 12.1 Å². The Balaban J connectivity index is 1.48. The Kier molecular flexibility index (Phi) is 3.55. The van der Waals surface area contributed by atoms with Gasteiger partial charge in [-0.3, -0.25) is 9.48 Å². The number of rotatable bonds is 2. The lowest BCUT2D eigenvalue weighted by Crippen LogP contribution is -2.32. The summed E-state index contributed by atoms with van der Waals surface area (Å²) < 4.78 is 15.4. The Bertz CT molecular complexity index is 991. The molecule has 1 fully saturated rings. The molecule has 3 aromatic rings. The summed E-state index contributed by atoms with van der Waals surface area (Å²) in [4.78, 5) is 22.9. The zero-order chi connectivity index (χ0) is 17.7. The van der Waals surface area contributed by atoms with E-state index in [-0.39, 0.29) is 17.8 Å². The van der Waals surface area contributed by atoms with Crippen molar-refractivity contribution in [3.05, 3.63) is 47.3 Å². The highest BCUT2D eigenvalue weighted by Gasteiger charge is 2.34. The van der Waals surface area contributed by atoms with E-state index in [1.54, 1.807) is 12.3 Å². The number of likely N-dealkylation sites (tertiary alicyclic amines) is 1. The number of hydrogen-bond donors (Lipinski definition) is 1. The maximum Gasteiger partial charge on any atom is 0.257 e. The molecule has 2 aromatic heterocycles. The van der Waals surface area contributed by atoms with Crippen LogP contribution in [0.2, 0.25) is 0 Å². The van der Waals surface area contributed by atoms with Crippen LogP contribution in [-0.2, 0) is 13.0 Å². The van der Waals surface area contributed by atoms with E-state index in [4.69, 9.17) is 0 Å². The number of aromatic nitrogens is 4. The van der Waals surface area contributed by atoms with Crippen molar-refractivity contribution in [2.24, 2.45) is 0 Å². The number of nitrogens with zero attached hydrogens (tertiary/aromatic N) is 4. The minimum absolute atomic E-state index is 0.0299. The zero-order valence-electron chi connectivity index (χ0n) is 14.4. The van der Waals surface area contributed by atoms with Gasteiger partial charge in [-0.1, -0.05) is 0 Å². The van der Waals surface area contributed by atoms with Gasteiger partial charge in [-0.05, 0) is 50.3 Å². The fraction of sp³-hybridized carbons (Fsp3) is 0.421. The highest BCUT2D eigenvalue weighted by atomic mass is 19.1. The lowest BCUT2D eigenvalue weighted by Gasteiger charge is -2.24. The molecule has 4 heterocycles. The molecule has 1 N–H and O–H groups in total. The monoisotopic (exact) mass is 353 g/mol. The van der Waals surface area contributed by atoms with E-state index in [2.05, 4.69) is 15.1 Å². The molecule has 1 atom stereocenters. The number of benzene rings is 1. The third-order valence-electron chi connectivity index (χ3n) is 5.50. The van der Waals surface area contributed by atoms with Crippen molar-refractivity contribution in [2.75, 3.05) is 6.54 Å². The maximum absolute atomic E-state index is 13.5. The van der Waals surface area contributed by atoms with Crippen LogP contribution in [0.15, 0.2) is 24.4 Å². The van der Waals surface area contributed by atoms with Crippen LogP contribution in [0.4, 0.5) is 4.39 Å². The number of hydrogen-bond acceptors (Lipinski definition) is 3. The number of imidazole rings is 1. The van der Waals surface area contributed by atoms with Gasteiger partial charge in [0.05, 0.1) is 34.5 Å². The van der Waals surface area contributed by atoms with Crippen LogP contribution in [-0.4, -0.2) is 37.1 Å². The second-order valence-corrected chi connectivity index (χ2v) is 7.13. The number of carbonyl (C=O) groups is 1. The van der Waals surface area contributed by atoms with Gasteiger partial charge < -0.3 is 9.88 Å². The van der Waals surface area contributed by atoms with Gasteiger partial charge in [0.25, 0.3) is 5.91 Å². The van der Waals surface area contributed by atoms with Crippen LogP contribution in [0.5, 0.6) is 0 Å². The lowest BCUT2D eigenvalue weighted by molar-refractivity contribution is 0.0729. The first-order chi connectivity index (χ1) is 12.7. The van der Waals surface area contributed by atoms with Crippen LogP contribution in [0.3, 0.4) is 0 Å².